The number of fused-ring (bicyclic) bond motifs is 1. The Kier molecular flexibility index (Phi) is 3.91. The van der Waals surface area contributed by atoms with Crippen molar-refractivity contribution in [3.8, 4) is 0 Å². The second-order valence-electron chi connectivity index (χ2n) is 7.00. The van der Waals surface area contributed by atoms with Gasteiger partial charge in [0.1, 0.15) is 5.65 Å². The first kappa shape index (κ1) is 17.2. The molecular formula is C23H18N4O2. The van der Waals surface area contributed by atoms with Crippen LogP contribution >= 0.6 is 0 Å². The average molecular weight is 382 g/mol. The van der Waals surface area contributed by atoms with Crippen LogP contribution in [0.3, 0.4) is 0 Å². The Labute approximate surface area is 167 Å². The van der Waals surface area contributed by atoms with Crippen molar-refractivity contribution >= 4 is 17.6 Å². The predicted octanol–water partition coefficient (Wildman–Crippen LogP) is 3.33. The SMILES string of the molecule is O=C1NC(c2ccccc2)(c2ccccc2)C(=O)N1Cc1cn2ccccc2n1. The lowest BCUT2D eigenvalue weighted by Crippen LogP contribution is -2.45. The Hall–Kier alpha value is -3.93. The highest BCUT2D eigenvalue weighted by Gasteiger charge is 2.53. The van der Waals surface area contributed by atoms with Gasteiger partial charge in [-0.2, -0.15) is 0 Å². The fourth-order valence-corrected chi connectivity index (χ4v) is 3.88. The molecule has 3 heterocycles. The third kappa shape index (κ3) is 2.69. The normalized spacial score (nSPS) is 15.7. The molecule has 5 rings (SSSR count). The molecule has 1 aliphatic rings. The lowest BCUT2D eigenvalue weighted by atomic mass is 9.82. The Balaban J connectivity index is 1.57. The monoisotopic (exact) mass is 382 g/mol. The standard InChI is InChI=1S/C23H18N4O2/c28-21-23(17-9-3-1-4-10-17,18-11-5-2-6-12-18)25-22(29)27(21)16-19-15-26-14-8-7-13-20(26)24-19/h1-15H,16H2,(H,25,29). The summed E-state index contributed by atoms with van der Waals surface area (Å²) < 4.78 is 1.87. The molecule has 142 valence electrons. The number of urea groups is 1. The molecule has 29 heavy (non-hydrogen) atoms. The van der Waals surface area contributed by atoms with Crippen LogP contribution in [0.5, 0.6) is 0 Å². The van der Waals surface area contributed by atoms with Gasteiger partial charge in [0.05, 0.1) is 12.2 Å². The number of imidazole rings is 1. The third-order valence-corrected chi connectivity index (χ3v) is 5.25. The summed E-state index contributed by atoms with van der Waals surface area (Å²) in [7, 11) is 0. The van der Waals surface area contributed by atoms with Gasteiger partial charge < -0.3 is 9.72 Å². The first-order valence-corrected chi connectivity index (χ1v) is 9.36. The zero-order chi connectivity index (χ0) is 19.8. The number of imide groups is 1. The lowest BCUT2D eigenvalue weighted by molar-refractivity contribution is -0.130. The van der Waals surface area contributed by atoms with Crippen LogP contribution in [0.15, 0.2) is 91.3 Å². The number of pyridine rings is 1. The molecule has 0 bridgehead atoms. The number of aromatic nitrogens is 2. The average Bonchev–Trinajstić information content (AvgIpc) is 3.29. The molecule has 0 spiro atoms. The molecule has 2 aromatic heterocycles. The fraction of sp³-hybridized carbons (Fsp3) is 0.0870. The summed E-state index contributed by atoms with van der Waals surface area (Å²) in [4.78, 5) is 32.4. The van der Waals surface area contributed by atoms with Crippen LogP contribution in [-0.4, -0.2) is 26.2 Å². The highest BCUT2D eigenvalue weighted by Crippen LogP contribution is 2.36. The minimum atomic E-state index is -1.25. The van der Waals surface area contributed by atoms with Crippen molar-refractivity contribution in [3.05, 3.63) is 108 Å². The van der Waals surface area contributed by atoms with E-state index in [-0.39, 0.29) is 12.5 Å². The summed E-state index contributed by atoms with van der Waals surface area (Å²) in [6.45, 7) is 0.105. The molecule has 1 aliphatic heterocycles. The van der Waals surface area contributed by atoms with E-state index < -0.39 is 11.6 Å². The second kappa shape index (κ2) is 6.60. The summed E-state index contributed by atoms with van der Waals surface area (Å²) in [6, 6.07) is 23.9. The van der Waals surface area contributed by atoms with Gasteiger partial charge in [0, 0.05) is 12.4 Å². The number of hydrogen-bond donors (Lipinski definition) is 1. The number of carbonyl (C=O) groups is 2. The number of carbonyl (C=O) groups excluding carboxylic acids is 2. The maximum Gasteiger partial charge on any atom is 0.325 e. The number of nitrogens with zero attached hydrogens (tertiary/aromatic N) is 3. The van der Waals surface area contributed by atoms with Gasteiger partial charge in [0.25, 0.3) is 5.91 Å². The molecule has 3 amide bonds. The van der Waals surface area contributed by atoms with Crippen molar-refractivity contribution < 1.29 is 9.59 Å². The summed E-state index contributed by atoms with van der Waals surface area (Å²) in [5, 5.41) is 2.96. The summed E-state index contributed by atoms with van der Waals surface area (Å²) in [5.41, 5.74) is 1.62. The molecule has 0 aliphatic carbocycles. The van der Waals surface area contributed by atoms with Crippen LogP contribution in [0.2, 0.25) is 0 Å². The van der Waals surface area contributed by atoms with Crippen molar-refractivity contribution in [3.63, 3.8) is 0 Å². The van der Waals surface area contributed by atoms with Crippen LogP contribution in [0.4, 0.5) is 4.79 Å². The molecule has 0 radical (unpaired) electrons. The molecule has 0 atom stereocenters. The Bertz CT molecular complexity index is 1130. The molecule has 6 heteroatoms. The van der Waals surface area contributed by atoms with Crippen molar-refractivity contribution in [1.82, 2.24) is 19.6 Å². The smallest absolute Gasteiger partial charge is 0.315 e. The third-order valence-electron chi connectivity index (χ3n) is 5.25. The van der Waals surface area contributed by atoms with Gasteiger partial charge in [-0.1, -0.05) is 66.7 Å². The quantitative estimate of drug-likeness (QED) is 0.551. The van der Waals surface area contributed by atoms with Crippen LogP contribution in [0, 0.1) is 0 Å². The van der Waals surface area contributed by atoms with E-state index in [4.69, 9.17) is 0 Å². The molecule has 1 N–H and O–H groups in total. The topological polar surface area (TPSA) is 66.7 Å². The maximum absolute atomic E-state index is 13.7. The first-order valence-electron chi connectivity index (χ1n) is 9.36. The van der Waals surface area contributed by atoms with Crippen LogP contribution in [0.25, 0.3) is 5.65 Å². The van der Waals surface area contributed by atoms with E-state index in [0.717, 1.165) is 16.8 Å². The van der Waals surface area contributed by atoms with E-state index in [1.165, 1.54) is 4.90 Å². The number of hydrogen-bond acceptors (Lipinski definition) is 3. The second-order valence-corrected chi connectivity index (χ2v) is 7.00. The highest BCUT2D eigenvalue weighted by molar-refractivity contribution is 6.09. The van der Waals surface area contributed by atoms with Gasteiger partial charge in [-0.05, 0) is 23.3 Å². The Morgan fingerprint density at radius 3 is 2.07 bits per heavy atom. The van der Waals surface area contributed by atoms with E-state index in [2.05, 4.69) is 10.3 Å². The maximum atomic E-state index is 13.7. The summed E-state index contributed by atoms with van der Waals surface area (Å²) >= 11 is 0. The highest BCUT2D eigenvalue weighted by atomic mass is 16.2. The Morgan fingerprint density at radius 1 is 0.828 bits per heavy atom. The minimum absolute atomic E-state index is 0.105. The molecule has 1 fully saturated rings. The molecular weight excluding hydrogens is 364 g/mol. The number of benzene rings is 2. The van der Waals surface area contributed by atoms with E-state index in [0.29, 0.717) is 5.69 Å². The van der Waals surface area contributed by atoms with Gasteiger partial charge >= 0.3 is 6.03 Å². The molecule has 1 saturated heterocycles. The van der Waals surface area contributed by atoms with Crippen LogP contribution in [0.1, 0.15) is 16.8 Å². The largest absolute Gasteiger partial charge is 0.325 e. The van der Waals surface area contributed by atoms with Crippen molar-refractivity contribution in [2.45, 2.75) is 12.1 Å². The lowest BCUT2D eigenvalue weighted by Gasteiger charge is -2.27. The molecule has 6 nitrogen and oxygen atoms in total. The first-order chi connectivity index (χ1) is 14.2. The van der Waals surface area contributed by atoms with E-state index in [9.17, 15) is 9.59 Å². The summed E-state index contributed by atoms with van der Waals surface area (Å²) in [5.74, 6) is -0.308. The van der Waals surface area contributed by atoms with E-state index >= 15 is 0 Å². The number of amides is 3. The zero-order valence-corrected chi connectivity index (χ0v) is 15.5. The number of nitrogens with one attached hydrogen (secondary N) is 1. The van der Waals surface area contributed by atoms with Crippen molar-refractivity contribution in [1.29, 1.82) is 0 Å². The molecule has 0 unspecified atom stereocenters. The zero-order valence-electron chi connectivity index (χ0n) is 15.5. The predicted molar refractivity (Wildman–Crippen MR) is 108 cm³/mol. The van der Waals surface area contributed by atoms with E-state index in [1.54, 1.807) is 0 Å². The Morgan fingerprint density at radius 2 is 1.45 bits per heavy atom. The van der Waals surface area contributed by atoms with Gasteiger partial charge in [-0.3, -0.25) is 9.69 Å². The minimum Gasteiger partial charge on any atom is -0.315 e. The van der Waals surface area contributed by atoms with Gasteiger partial charge in [-0.25, -0.2) is 9.78 Å². The number of rotatable bonds is 4. The van der Waals surface area contributed by atoms with Gasteiger partial charge in [0.2, 0.25) is 0 Å². The van der Waals surface area contributed by atoms with Gasteiger partial charge in [-0.15, -0.1) is 0 Å². The fourth-order valence-electron chi connectivity index (χ4n) is 3.88. The van der Waals surface area contributed by atoms with Crippen molar-refractivity contribution in [2.24, 2.45) is 0 Å². The van der Waals surface area contributed by atoms with E-state index in [1.807, 2.05) is 95.7 Å². The van der Waals surface area contributed by atoms with Crippen molar-refractivity contribution in [2.75, 3.05) is 0 Å². The van der Waals surface area contributed by atoms with Crippen LogP contribution in [-0.2, 0) is 16.9 Å². The molecule has 0 saturated carbocycles. The summed E-state index contributed by atoms with van der Waals surface area (Å²) in [6.07, 6.45) is 3.72. The molecule has 2 aromatic carbocycles. The molecule has 4 aromatic rings. The van der Waals surface area contributed by atoms with Crippen LogP contribution < -0.4 is 5.32 Å². The van der Waals surface area contributed by atoms with Gasteiger partial charge in [0.15, 0.2) is 5.54 Å².